The van der Waals surface area contributed by atoms with Gasteiger partial charge >= 0.3 is 0 Å². The van der Waals surface area contributed by atoms with Crippen LogP contribution in [0.15, 0.2) is 115 Å². The van der Waals surface area contributed by atoms with E-state index in [0.717, 1.165) is 54.3 Å². The normalized spacial score (nSPS) is 13.0. The van der Waals surface area contributed by atoms with Gasteiger partial charge in [0.15, 0.2) is 0 Å². The first-order valence-corrected chi connectivity index (χ1v) is 13.1. The summed E-state index contributed by atoms with van der Waals surface area (Å²) in [5, 5.41) is 8.99. The summed E-state index contributed by atoms with van der Waals surface area (Å²) in [6.07, 6.45) is 3.33. The molecule has 0 radical (unpaired) electrons. The fraction of sp³-hybridized carbons (Fsp3) is 0.182. The highest BCUT2D eigenvalue weighted by Crippen LogP contribution is 2.38. The zero-order chi connectivity index (χ0) is 24.9. The average molecular weight is 486 g/mol. The van der Waals surface area contributed by atoms with E-state index in [2.05, 4.69) is 94.9 Å². The van der Waals surface area contributed by atoms with E-state index >= 15 is 0 Å². The molecule has 37 heavy (non-hydrogen) atoms. The summed E-state index contributed by atoms with van der Waals surface area (Å²) in [7, 11) is 0. The lowest BCUT2D eigenvalue weighted by molar-refractivity contribution is 0.306. The van der Waals surface area contributed by atoms with Crippen molar-refractivity contribution in [3.63, 3.8) is 0 Å². The number of hydrogen-bond donors (Lipinski definition) is 1. The molecular weight excluding hydrogens is 454 g/mol. The maximum absolute atomic E-state index is 6.03. The second kappa shape index (κ2) is 10.8. The van der Waals surface area contributed by atoms with Crippen molar-refractivity contribution in [1.82, 2.24) is 9.78 Å². The molecule has 1 aliphatic heterocycles. The van der Waals surface area contributed by atoms with Crippen molar-refractivity contribution in [2.75, 3.05) is 11.9 Å². The molecule has 0 aliphatic carbocycles. The number of hydrogen-bond acceptors (Lipinski definition) is 3. The van der Waals surface area contributed by atoms with E-state index in [1.54, 1.807) is 0 Å². The monoisotopic (exact) mass is 485 g/mol. The number of fused-ring (bicyclic) bond motifs is 1. The predicted molar refractivity (Wildman–Crippen MR) is 150 cm³/mol. The highest BCUT2D eigenvalue weighted by molar-refractivity contribution is 5.58. The highest BCUT2D eigenvalue weighted by Gasteiger charge is 2.28. The van der Waals surface area contributed by atoms with Crippen molar-refractivity contribution in [2.24, 2.45) is 0 Å². The Morgan fingerprint density at radius 3 is 2.00 bits per heavy atom. The highest BCUT2D eigenvalue weighted by atomic mass is 16.5. The Hall–Kier alpha value is -4.31. The van der Waals surface area contributed by atoms with Crippen molar-refractivity contribution in [1.29, 1.82) is 0 Å². The molecule has 4 heteroatoms. The Bertz CT molecular complexity index is 1390. The Morgan fingerprint density at radius 2 is 1.35 bits per heavy atom. The molecule has 184 valence electrons. The van der Waals surface area contributed by atoms with Gasteiger partial charge in [-0.05, 0) is 60.2 Å². The number of nitrogens with one attached hydrogen (secondary N) is 1. The lowest BCUT2D eigenvalue weighted by atomic mass is 9.86. The van der Waals surface area contributed by atoms with Crippen LogP contribution in [0.1, 0.15) is 46.7 Å². The summed E-state index contributed by atoms with van der Waals surface area (Å²) < 4.78 is 8.12. The molecule has 0 fully saturated rings. The fourth-order valence-corrected chi connectivity index (χ4v) is 5.17. The van der Waals surface area contributed by atoms with Crippen LogP contribution in [-0.2, 0) is 13.0 Å². The summed E-state index contributed by atoms with van der Waals surface area (Å²) >= 11 is 0. The van der Waals surface area contributed by atoms with Gasteiger partial charge in [-0.3, -0.25) is 0 Å². The van der Waals surface area contributed by atoms with Gasteiger partial charge in [0.25, 0.3) is 0 Å². The van der Waals surface area contributed by atoms with Gasteiger partial charge in [0.05, 0.1) is 17.3 Å². The second-order valence-electron chi connectivity index (χ2n) is 9.53. The van der Waals surface area contributed by atoms with Crippen LogP contribution in [0.5, 0.6) is 5.75 Å². The molecule has 5 aromatic rings. The topological polar surface area (TPSA) is 39.1 Å². The zero-order valence-electron chi connectivity index (χ0n) is 20.9. The van der Waals surface area contributed by atoms with Gasteiger partial charge in [-0.1, -0.05) is 91.0 Å². The van der Waals surface area contributed by atoms with E-state index in [4.69, 9.17) is 9.84 Å². The average Bonchev–Trinajstić information content (AvgIpc) is 3.14. The summed E-state index contributed by atoms with van der Waals surface area (Å²) in [5.74, 6) is 2.04. The Morgan fingerprint density at radius 1 is 0.730 bits per heavy atom. The van der Waals surface area contributed by atoms with Crippen molar-refractivity contribution in [2.45, 2.75) is 31.8 Å². The van der Waals surface area contributed by atoms with E-state index in [-0.39, 0.29) is 5.92 Å². The van der Waals surface area contributed by atoms with Crippen LogP contribution in [0, 0.1) is 0 Å². The van der Waals surface area contributed by atoms with Crippen LogP contribution < -0.4 is 10.1 Å². The number of rotatable bonds is 7. The molecule has 0 unspecified atom stereocenters. The van der Waals surface area contributed by atoms with E-state index in [0.29, 0.717) is 6.61 Å². The van der Waals surface area contributed by atoms with Crippen LogP contribution in [0.25, 0.3) is 5.69 Å². The van der Waals surface area contributed by atoms with Gasteiger partial charge in [0.2, 0.25) is 0 Å². The fourth-order valence-electron chi connectivity index (χ4n) is 5.17. The third-order valence-electron chi connectivity index (χ3n) is 7.03. The number of ether oxygens (including phenoxy) is 1. The molecule has 1 aromatic heterocycles. The first-order valence-electron chi connectivity index (χ1n) is 13.1. The SMILES string of the molecule is c1ccc(COc2ccc(-n3nc(C(c4ccccc4)c4ccccc4)c4c3NCCCC4)cc2)cc1. The molecule has 4 aromatic carbocycles. The molecule has 0 bridgehead atoms. The van der Waals surface area contributed by atoms with Crippen LogP contribution in [0.3, 0.4) is 0 Å². The van der Waals surface area contributed by atoms with Crippen LogP contribution in [0.2, 0.25) is 0 Å². The first kappa shape index (κ1) is 23.1. The molecule has 6 rings (SSSR count). The number of anilines is 1. The van der Waals surface area contributed by atoms with Crippen LogP contribution in [0.4, 0.5) is 5.82 Å². The molecule has 0 saturated carbocycles. The largest absolute Gasteiger partial charge is 0.489 e. The Balaban J connectivity index is 1.38. The smallest absolute Gasteiger partial charge is 0.133 e. The third kappa shape index (κ3) is 5.01. The third-order valence-corrected chi connectivity index (χ3v) is 7.03. The lowest BCUT2D eigenvalue weighted by Gasteiger charge is -2.18. The standard InChI is InChI=1S/C33H31N3O/c1-4-12-25(13-5-1)24-37-29-21-19-28(20-22-29)36-33-30(18-10-11-23-34-33)32(35-36)31(26-14-6-2-7-15-26)27-16-8-3-9-17-27/h1-9,12-17,19-22,31,34H,10-11,18,23-24H2. The number of benzene rings is 4. The maximum atomic E-state index is 6.03. The van der Waals surface area contributed by atoms with E-state index < -0.39 is 0 Å². The quantitative estimate of drug-likeness (QED) is 0.261. The molecule has 2 heterocycles. The summed E-state index contributed by atoms with van der Waals surface area (Å²) in [6.45, 7) is 1.51. The molecule has 0 spiro atoms. The van der Waals surface area contributed by atoms with Gasteiger partial charge in [-0.2, -0.15) is 5.10 Å². The van der Waals surface area contributed by atoms with Gasteiger partial charge < -0.3 is 10.1 Å². The minimum absolute atomic E-state index is 0.0748. The Kier molecular flexibility index (Phi) is 6.72. The van der Waals surface area contributed by atoms with Gasteiger partial charge in [0, 0.05) is 12.1 Å². The molecule has 4 nitrogen and oxygen atoms in total. The van der Waals surface area contributed by atoms with Crippen molar-refractivity contribution in [3.8, 4) is 11.4 Å². The summed E-state index contributed by atoms with van der Waals surface area (Å²) in [5.41, 5.74) is 7.16. The van der Waals surface area contributed by atoms with E-state index in [1.165, 1.54) is 16.7 Å². The molecule has 0 atom stereocenters. The number of aromatic nitrogens is 2. The second-order valence-corrected chi connectivity index (χ2v) is 9.53. The summed E-state index contributed by atoms with van der Waals surface area (Å²) in [6, 6.07) is 40.0. The zero-order valence-corrected chi connectivity index (χ0v) is 20.9. The maximum Gasteiger partial charge on any atom is 0.133 e. The number of nitrogens with zero attached hydrogens (tertiary/aromatic N) is 2. The predicted octanol–water partition coefficient (Wildman–Crippen LogP) is 7.38. The minimum Gasteiger partial charge on any atom is -0.489 e. The van der Waals surface area contributed by atoms with Gasteiger partial charge in [-0.25, -0.2) is 4.68 Å². The van der Waals surface area contributed by atoms with E-state index in [9.17, 15) is 0 Å². The Labute approximate surface area is 218 Å². The molecule has 1 N–H and O–H groups in total. The van der Waals surface area contributed by atoms with Crippen LogP contribution in [-0.4, -0.2) is 16.3 Å². The molecular formula is C33H31N3O. The van der Waals surface area contributed by atoms with Crippen LogP contribution >= 0.6 is 0 Å². The molecule has 0 amide bonds. The van der Waals surface area contributed by atoms with E-state index in [1.807, 2.05) is 30.3 Å². The van der Waals surface area contributed by atoms with Gasteiger partial charge in [0.1, 0.15) is 18.2 Å². The van der Waals surface area contributed by atoms with Crippen molar-refractivity contribution < 1.29 is 4.74 Å². The lowest BCUT2D eigenvalue weighted by Crippen LogP contribution is -2.08. The molecule has 1 aliphatic rings. The molecule has 0 saturated heterocycles. The summed E-state index contributed by atoms with van der Waals surface area (Å²) in [4.78, 5) is 0. The van der Waals surface area contributed by atoms with Gasteiger partial charge in [-0.15, -0.1) is 0 Å². The first-order chi connectivity index (χ1) is 18.4. The van der Waals surface area contributed by atoms with Crippen molar-refractivity contribution in [3.05, 3.63) is 143 Å². The van der Waals surface area contributed by atoms with Crippen molar-refractivity contribution >= 4 is 5.82 Å². The minimum atomic E-state index is 0.0748.